The summed E-state index contributed by atoms with van der Waals surface area (Å²) >= 11 is 0. The van der Waals surface area contributed by atoms with Gasteiger partial charge in [0.15, 0.2) is 0 Å². The van der Waals surface area contributed by atoms with E-state index in [9.17, 15) is 0 Å². The summed E-state index contributed by atoms with van der Waals surface area (Å²) in [6.45, 7) is 2.13. The van der Waals surface area contributed by atoms with E-state index in [1.54, 1.807) is 7.11 Å². The Morgan fingerprint density at radius 1 is 1.31 bits per heavy atom. The molecule has 0 saturated heterocycles. The van der Waals surface area contributed by atoms with Crippen LogP contribution in [0.4, 0.5) is 0 Å². The zero-order chi connectivity index (χ0) is 9.68. The molecule has 0 spiro atoms. The fraction of sp³-hybridized carbons (Fsp3) is 0.455. The van der Waals surface area contributed by atoms with E-state index in [0.29, 0.717) is 0 Å². The highest BCUT2D eigenvalue weighted by atomic mass is 16.5. The SMILES string of the molecule is COC(C)Cc1ccccc1CO. The van der Waals surface area contributed by atoms with Crippen LogP contribution < -0.4 is 0 Å². The van der Waals surface area contributed by atoms with E-state index in [-0.39, 0.29) is 12.7 Å². The molecule has 0 heterocycles. The monoisotopic (exact) mass is 180 g/mol. The molecule has 0 aliphatic carbocycles. The molecule has 1 aromatic rings. The van der Waals surface area contributed by atoms with Crippen LogP contribution >= 0.6 is 0 Å². The molecule has 0 aromatic heterocycles. The van der Waals surface area contributed by atoms with Crippen LogP contribution in [0.3, 0.4) is 0 Å². The van der Waals surface area contributed by atoms with E-state index in [1.165, 1.54) is 5.56 Å². The Morgan fingerprint density at radius 3 is 2.46 bits per heavy atom. The topological polar surface area (TPSA) is 29.5 Å². The fourth-order valence-electron chi connectivity index (χ4n) is 1.30. The lowest BCUT2D eigenvalue weighted by molar-refractivity contribution is 0.118. The third kappa shape index (κ3) is 2.83. The molecular weight excluding hydrogens is 164 g/mol. The van der Waals surface area contributed by atoms with Gasteiger partial charge in [0.2, 0.25) is 0 Å². The molecule has 2 nitrogen and oxygen atoms in total. The molecule has 1 unspecified atom stereocenters. The molecule has 2 heteroatoms. The first-order chi connectivity index (χ1) is 6.27. The quantitative estimate of drug-likeness (QED) is 0.765. The van der Waals surface area contributed by atoms with Gasteiger partial charge in [-0.15, -0.1) is 0 Å². The number of methoxy groups -OCH3 is 1. The minimum absolute atomic E-state index is 0.104. The molecule has 1 atom stereocenters. The Bertz CT molecular complexity index is 258. The van der Waals surface area contributed by atoms with Gasteiger partial charge < -0.3 is 9.84 Å². The molecule has 0 radical (unpaired) electrons. The Balaban J connectivity index is 2.74. The number of hydrogen-bond donors (Lipinski definition) is 1. The minimum Gasteiger partial charge on any atom is -0.392 e. The third-order valence-corrected chi connectivity index (χ3v) is 2.20. The first kappa shape index (κ1) is 10.2. The first-order valence-corrected chi connectivity index (χ1v) is 4.48. The number of rotatable bonds is 4. The molecule has 72 valence electrons. The van der Waals surface area contributed by atoms with Crippen LogP contribution in [0.2, 0.25) is 0 Å². The Kier molecular flexibility index (Phi) is 3.93. The van der Waals surface area contributed by atoms with Crippen LogP contribution in [0.5, 0.6) is 0 Å². The van der Waals surface area contributed by atoms with Crippen molar-refractivity contribution in [3.63, 3.8) is 0 Å². The summed E-state index contributed by atoms with van der Waals surface area (Å²) in [6.07, 6.45) is 1.06. The summed E-state index contributed by atoms with van der Waals surface area (Å²) in [5.74, 6) is 0. The highest BCUT2D eigenvalue weighted by Crippen LogP contribution is 2.11. The van der Waals surface area contributed by atoms with Crippen molar-refractivity contribution in [2.45, 2.75) is 26.1 Å². The van der Waals surface area contributed by atoms with Crippen molar-refractivity contribution in [3.8, 4) is 0 Å². The van der Waals surface area contributed by atoms with Crippen molar-refractivity contribution in [1.82, 2.24) is 0 Å². The van der Waals surface area contributed by atoms with Crippen molar-refractivity contribution in [1.29, 1.82) is 0 Å². The lowest BCUT2D eigenvalue weighted by atomic mass is 10.0. The summed E-state index contributed by atoms with van der Waals surface area (Å²) in [7, 11) is 1.70. The minimum atomic E-state index is 0.104. The van der Waals surface area contributed by atoms with Gasteiger partial charge in [0.1, 0.15) is 0 Å². The van der Waals surface area contributed by atoms with Crippen LogP contribution in [0.15, 0.2) is 24.3 Å². The molecule has 1 N–H and O–H groups in total. The van der Waals surface area contributed by atoms with E-state index in [2.05, 4.69) is 0 Å². The number of aliphatic hydroxyl groups is 1. The van der Waals surface area contributed by atoms with Crippen LogP contribution in [-0.2, 0) is 17.8 Å². The van der Waals surface area contributed by atoms with Crippen LogP contribution in [-0.4, -0.2) is 18.3 Å². The van der Waals surface area contributed by atoms with E-state index in [0.717, 1.165) is 12.0 Å². The zero-order valence-corrected chi connectivity index (χ0v) is 8.16. The highest BCUT2D eigenvalue weighted by molar-refractivity contribution is 5.26. The van der Waals surface area contributed by atoms with Gasteiger partial charge in [0, 0.05) is 7.11 Å². The van der Waals surface area contributed by atoms with Gasteiger partial charge in [-0.05, 0) is 24.5 Å². The summed E-state index contributed by atoms with van der Waals surface area (Å²) in [6, 6.07) is 7.89. The normalized spacial score (nSPS) is 12.8. The highest BCUT2D eigenvalue weighted by Gasteiger charge is 2.05. The summed E-state index contributed by atoms with van der Waals surface area (Å²) in [5.41, 5.74) is 2.16. The average molecular weight is 180 g/mol. The Hall–Kier alpha value is -0.860. The standard InChI is InChI=1S/C11H16O2/c1-9(13-2)7-10-5-3-4-6-11(10)8-12/h3-6,9,12H,7-8H2,1-2H3. The van der Waals surface area contributed by atoms with Gasteiger partial charge in [-0.1, -0.05) is 24.3 Å². The second-order valence-electron chi connectivity index (χ2n) is 3.18. The van der Waals surface area contributed by atoms with Crippen LogP contribution in [0.25, 0.3) is 0 Å². The van der Waals surface area contributed by atoms with Crippen LogP contribution in [0.1, 0.15) is 18.1 Å². The van der Waals surface area contributed by atoms with E-state index < -0.39 is 0 Å². The largest absolute Gasteiger partial charge is 0.392 e. The molecule has 0 aliphatic rings. The molecule has 0 fully saturated rings. The van der Waals surface area contributed by atoms with Crippen molar-refractivity contribution >= 4 is 0 Å². The van der Waals surface area contributed by atoms with E-state index >= 15 is 0 Å². The maximum absolute atomic E-state index is 9.06. The first-order valence-electron chi connectivity index (χ1n) is 4.48. The second kappa shape index (κ2) is 5.00. The van der Waals surface area contributed by atoms with Gasteiger partial charge in [-0.2, -0.15) is 0 Å². The lowest BCUT2D eigenvalue weighted by Gasteiger charge is -2.11. The molecule has 1 aromatic carbocycles. The molecule has 0 aliphatic heterocycles. The predicted molar refractivity (Wildman–Crippen MR) is 52.5 cm³/mol. The molecule has 1 rings (SSSR count). The van der Waals surface area contributed by atoms with Gasteiger partial charge in [-0.25, -0.2) is 0 Å². The van der Waals surface area contributed by atoms with E-state index in [1.807, 2.05) is 31.2 Å². The lowest BCUT2D eigenvalue weighted by Crippen LogP contribution is -2.10. The molecule has 0 bridgehead atoms. The van der Waals surface area contributed by atoms with Gasteiger partial charge in [0.25, 0.3) is 0 Å². The van der Waals surface area contributed by atoms with E-state index in [4.69, 9.17) is 9.84 Å². The van der Waals surface area contributed by atoms with Crippen LogP contribution in [0, 0.1) is 0 Å². The van der Waals surface area contributed by atoms with Crippen molar-refractivity contribution in [2.24, 2.45) is 0 Å². The smallest absolute Gasteiger partial charge is 0.0684 e. The summed E-state index contributed by atoms with van der Waals surface area (Å²) in [5, 5.41) is 9.06. The molecule has 13 heavy (non-hydrogen) atoms. The molecular formula is C11H16O2. The zero-order valence-electron chi connectivity index (χ0n) is 8.16. The van der Waals surface area contributed by atoms with Crippen molar-refractivity contribution in [2.75, 3.05) is 7.11 Å². The van der Waals surface area contributed by atoms with Crippen molar-refractivity contribution in [3.05, 3.63) is 35.4 Å². The maximum Gasteiger partial charge on any atom is 0.0684 e. The van der Waals surface area contributed by atoms with Gasteiger partial charge >= 0.3 is 0 Å². The number of ether oxygens (including phenoxy) is 1. The fourth-order valence-corrected chi connectivity index (χ4v) is 1.30. The Labute approximate surface area is 79.2 Å². The average Bonchev–Trinajstić information content (AvgIpc) is 2.18. The maximum atomic E-state index is 9.06. The summed E-state index contributed by atoms with van der Waals surface area (Å²) in [4.78, 5) is 0. The second-order valence-corrected chi connectivity index (χ2v) is 3.18. The number of benzene rings is 1. The van der Waals surface area contributed by atoms with Crippen molar-refractivity contribution < 1.29 is 9.84 Å². The van der Waals surface area contributed by atoms with Gasteiger partial charge in [-0.3, -0.25) is 0 Å². The molecule has 0 saturated carbocycles. The summed E-state index contributed by atoms with van der Waals surface area (Å²) < 4.78 is 5.17. The van der Waals surface area contributed by atoms with Gasteiger partial charge in [0.05, 0.1) is 12.7 Å². The third-order valence-electron chi connectivity index (χ3n) is 2.20. The number of hydrogen-bond acceptors (Lipinski definition) is 2. The number of aliphatic hydroxyl groups excluding tert-OH is 1. The predicted octanol–water partition coefficient (Wildman–Crippen LogP) is 1.76. The Morgan fingerprint density at radius 2 is 1.92 bits per heavy atom. The molecule has 0 amide bonds.